The van der Waals surface area contributed by atoms with Crippen LogP contribution in [0.5, 0.6) is 5.75 Å². The number of ether oxygens (including phenoxy) is 1. The van der Waals surface area contributed by atoms with E-state index in [9.17, 15) is 4.79 Å². The molecular formula is C14H7Cl5O2. The van der Waals surface area contributed by atoms with Crippen LogP contribution in [0.3, 0.4) is 0 Å². The lowest BCUT2D eigenvalue weighted by atomic mass is 10.0. The van der Waals surface area contributed by atoms with Crippen molar-refractivity contribution < 1.29 is 9.53 Å². The highest BCUT2D eigenvalue weighted by atomic mass is 35.5. The first-order chi connectivity index (χ1) is 9.86. The lowest BCUT2D eigenvalue weighted by Gasteiger charge is -2.12. The maximum Gasteiger partial charge on any atom is 0.199 e. The van der Waals surface area contributed by atoms with Gasteiger partial charge in [0.2, 0.25) is 0 Å². The summed E-state index contributed by atoms with van der Waals surface area (Å²) in [5.41, 5.74) is 0.331. The molecule has 0 aliphatic carbocycles. The van der Waals surface area contributed by atoms with Crippen molar-refractivity contribution in [2.24, 2.45) is 0 Å². The van der Waals surface area contributed by atoms with Crippen LogP contribution in [0, 0.1) is 0 Å². The number of hydrogen-bond acceptors (Lipinski definition) is 2. The monoisotopic (exact) mass is 382 g/mol. The van der Waals surface area contributed by atoms with E-state index in [0.29, 0.717) is 10.8 Å². The van der Waals surface area contributed by atoms with Gasteiger partial charge in [-0.1, -0.05) is 58.0 Å². The minimum atomic E-state index is -0.433. The molecule has 0 saturated carbocycles. The van der Waals surface area contributed by atoms with Gasteiger partial charge in [0.25, 0.3) is 0 Å². The summed E-state index contributed by atoms with van der Waals surface area (Å²) >= 11 is 29.8. The van der Waals surface area contributed by atoms with E-state index in [0.717, 1.165) is 0 Å². The van der Waals surface area contributed by atoms with E-state index in [1.165, 1.54) is 25.3 Å². The smallest absolute Gasteiger partial charge is 0.199 e. The number of ketones is 1. The molecule has 0 fully saturated rings. The largest absolute Gasteiger partial charge is 0.496 e. The first-order valence-corrected chi connectivity index (χ1v) is 7.47. The van der Waals surface area contributed by atoms with Crippen LogP contribution < -0.4 is 4.74 Å². The number of hydrogen-bond donors (Lipinski definition) is 0. The third-order valence-corrected chi connectivity index (χ3v) is 4.54. The van der Waals surface area contributed by atoms with Gasteiger partial charge in [0, 0.05) is 5.02 Å². The van der Waals surface area contributed by atoms with Crippen LogP contribution in [0.25, 0.3) is 0 Å². The Morgan fingerprint density at radius 3 is 2.24 bits per heavy atom. The summed E-state index contributed by atoms with van der Waals surface area (Å²) in [4.78, 5) is 12.6. The first kappa shape index (κ1) is 16.7. The fraction of sp³-hybridized carbons (Fsp3) is 0.0714. The summed E-state index contributed by atoms with van der Waals surface area (Å²) in [5, 5.41) is 0.785. The quantitative estimate of drug-likeness (QED) is 0.358. The van der Waals surface area contributed by atoms with Crippen molar-refractivity contribution >= 4 is 63.8 Å². The second kappa shape index (κ2) is 6.64. The van der Waals surface area contributed by atoms with Gasteiger partial charge in [-0.05, 0) is 24.3 Å². The van der Waals surface area contributed by atoms with Crippen molar-refractivity contribution in [2.45, 2.75) is 0 Å². The Bertz CT molecular complexity index is 728. The van der Waals surface area contributed by atoms with Gasteiger partial charge < -0.3 is 4.74 Å². The minimum Gasteiger partial charge on any atom is -0.496 e. The maximum atomic E-state index is 12.6. The molecule has 2 nitrogen and oxygen atoms in total. The topological polar surface area (TPSA) is 26.3 Å². The van der Waals surface area contributed by atoms with Crippen LogP contribution in [0.4, 0.5) is 0 Å². The van der Waals surface area contributed by atoms with Crippen LogP contribution in [-0.4, -0.2) is 12.9 Å². The Morgan fingerprint density at radius 2 is 1.62 bits per heavy atom. The van der Waals surface area contributed by atoms with Crippen molar-refractivity contribution in [2.75, 3.05) is 7.11 Å². The summed E-state index contributed by atoms with van der Waals surface area (Å²) in [7, 11) is 1.43. The number of halogens is 5. The molecule has 0 saturated heterocycles. The van der Waals surface area contributed by atoms with Crippen LogP contribution in [0.1, 0.15) is 15.9 Å². The lowest BCUT2D eigenvalue weighted by molar-refractivity contribution is 0.103. The Morgan fingerprint density at radius 1 is 0.952 bits per heavy atom. The van der Waals surface area contributed by atoms with E-state index in [-0.39, 0.29) is 31.2 Å². The zero-order valence-electron chi connectivity index (χ0n) is 10.5. The molecule has 21 heavy (non-hydrogen) atoms. The van der Waals surface area contributed by atoms with Crippen molar-refractivity contribution in [3.05, 3.63) is 60.5 Å². The highest BCUT2D eigenvalue weighted by Gasteiger charge is 2.23. The van der Waals surface area contributed by atoms with Crippen LogP contribution in [-0.2, 0) is 0 Å². The number of carbonyl (C=O) groups excluding carboxylic acids is 1. The summed E-state index contributed by atoms with van der Waals surface area (Å²) in [5.74, 6) is -0.122. The van der Waals surface area contributed by atoms with Gasteiger partial charge in [0.1, 0.15) is 5.75 Å². The van der Waals surface area contributed by atoms with E-state index in [2.05, 4.69) is 0 Å². The summed E-state index contributed by atoms with van der Waals surface area (Å²) in [6.45, 7) is 0. The molecule has 2 rings (SSSR count). The molecule has 0 N–H and O–H groups in total. The molecule has 7 heteroatoms. The standard InChI is InChI=1S/C14H7Cl5O2/c1-21-10-4-6(15)2-3-7(10)14(20)11-8(16)5-9(17)12(18)13(11)19/h2-5H,1H3. The molecule has 0 aliphatic heterocycles. The second-order valence-corrected chi connectivity index (χ2v) is 6.02. The van der Waals surface area contributed by atoms with Gasteiger partial charge in [-0.25, -0.2) is 0 Å². The Kier molecular flexibility index (Phi) is 5.29. The van der Waals surface area contributed by atoms with E-state index >= 15 is 0 Å². The van der Waals surface area contributed by atoms with Crippen molar-refractivity contribution in [1.29, 1.82) is 0 Å². The van der Waals surface area contributed by atoms with Crippen molar-refractivity contribution in [3.8, 4) is 5.75 Å². The Balaban J connectivity index is 2.64. The van der Waals surface area contributed by atoms with Crippen molar-refractivity contribution in [3.63, 3.8) is 0 Å². The van der Waals surface area contributed by atoms with Crippen molar-refractivity contribution in [1.82, 2.24) is 0 Å². The average molecular weight is 384 g/mol. The third kappa shape index (κ3) is 3.25. The van der Waals surface area contributed by atoms with Crippen LogP contribution in [0.2, 0.25) is 25.1 Å². The number of benzene rings is 2. The molecule has 0 aromatic heterocycles. The van der Waals surface area contributed by atoms with E-state index in [1.54, 1.807) is 6.07 Å². The fourth-order valence-electron chi connectivity index (χ4n) is 1.76. The molecule has 0 heterocycles. The zero-order chi connectivity index (χ0) is 15.7. The summed E-state index contributed by atoms with van der Waals surface area (Å²) < 4.78 is 5.15. The van der Waals surface area contributed by atoms with Gasteiger partial charge in [0.05, 0.1) is 38.3 Å². The van der Waals surface area contributed by atoms with Crippen LogP contribution in [0.15, 0.2) is 24.3 Å². The zero-order valence-corrected chi connectivity index (χ0v) is 14.3. The second-order valence-electron chi connectivity index (χ2n) is 4.02. The van der Waals surface area contributed by atoms with E-state index in [1.807, 2.05) is 0 Å². The minimum absolute atomic E-state index is 0.00355. The molecule has 110 valence electrons. The van der Waals surface area contributed by atoms with Gasteiger partial charge in [0.15, 0.2) is 5.78 Å². The predicted molar refractivity (Wildman–Crippen MR) is 87.9 cm³/mol. The predicted octanol–water partition coefficient (Wildman–Crippen LogP) is 6.19. The molecule has 0 aliphatic rings. The van der Waals surface area contributed by atoms with E-state index < -0.39 is 5.78 Å². The molecule has 0 bridgehead atoms. The molecular weight excluding hydrogens is 377 g/mol. The van der Waals surface area contributed by atoms with E-state index in [4.69, 9.17) is 62.7 Å². The lowest BCUT2D eigenvalue weighted by Crippen LogP contribution is -2.06. The number of carbonyl (C=O) groups is 1. The SMILES string of the molecule is COc1cc(Cl)ccc1C(=O)c1c(Cl)cc(Cl)c(Cl)c1Cl. The molecule has 2 aromatic carbocycles. The molecule has 0 amide bonds. The molecule has 0 atom stereocenters. The normalized spacial score (nSPS) is 10.6. The van der Waals surface area contributed by atoms with Gasteiger partial charge in [-0.15, -0.1) is 0 Å². The van der Waals surface area contributed by atoms with Crippen LogP contribution >= 0.6 is 58.0 Å². The molecule has 0 radical (unpaired) electrons. The fourth-order valence-corrected chi connectivity index (χ4v) is 3.01. The highest BCUT2D eigenvalue weighted by molar-refractivity contribution is 6.51. The third-order valence-electron chi connectivity index (χ3n) is 2.75. The average Bonchev–Trinajstić information content (AvgIpc) is 2.44. The first-order valence-electron chi connectivity index (χ1n) is 5.58. The van der Waals surface area contributed by atoms with Gasteiger partial charge >= 0.3 is 0 Å². The number of methoxy groups -OCH3 is 1. The molecule has 0 spiro atoms. The maximum absolute atomic E-state index is 12.6. The highest BCUT2D eigenvalue weighted by Crippen LogP contribution is 2.39. The van der Waals surface area contributed by atoms with Gasteiger partial charge in [-0.3, -0.25) is 4.79 Å². The summed E-state index contributed by atoms with van der Waals surface area (Å²) in [6.07, 6.45) is 0. The summed E-state index contributed by atoms with van der Waals surface area (Å²) in [6, 6.07) is 5.98. The Labute approximate surface area is 146 Å². The Hall–Kier alpha value is -0.640. The number of rotatable bonds is 3. The van der Waals surface area contributed by atoms with Gasteiger partial charge in [-0.2, -0.15) is 0 Å². The molecule has 0 unspecified atom stereocenters. The molecule has 2 aromatic rings.